The summed E-state index contributed by atoms with van der Waals surface area (Å²) in [6.45, 7) is 12.9. The summed E-state index contributed by atoms with van der Waals surface area (Å²) in [6.07, 6.45) is 1.62. The van der Waals surface area contributed by atoms with Gasteiger partial charge in [-0.3, -0.25) is 4.79 Å². The first-order valence-electron chi connectivity index (χ1n) is 6.70. The number of rotatable bonds is 4. The minimum atomic E-state index is -0.373. The summed E-state index contributed by atoms with van der Waals surface area (Å²) in [6, 6.07) is 7.85. The van der Waals surface area contributed by atoms with Crippen molar-refractivity contribution in [2.75, 3.05) is 13.6 Å². The molecule has 1 aromatic rings. The molecule has 4 nitrogen and oxygen atoms in total. The predicted molar refractivity (Wildman–Crippen MR) is 84.1 cm³/mol. The molecule has 5 heteroatoms. The first-order chi connectivity index (χ1) is 9.69. The maximum atomic E-state index is 11.5. The van der Waals surface area contributed by atoms with Crippen molar-refractivity contribution in [1.29, 1.82) is 0 Å². The second kappa shape index (κ2) is 11.2. The van der Waals surface area contributed by atoms with Gasteiger partial charge in [0.2, 0.25) is 0 Å². The predicted octanol–water partition coefficient (Wildman–Crippen LogP) is -0.287. The van der Waals surface area contributed by atoms with Crippen molar-refractivity contribution in [2.24, 2.45) is 0 Å². The standard InChI is InChI=1S/C12H15NO.C5H9O2.Li/c1-4-13(3)12(14)9-11-7-5-10(2)6-8-11;1-5(2,3)7-4-6;/h5-9H,1,4H2,2-3H3;1-3H3;/q-2;-1;+1. The first-order valence-corrected chi connectivity index (χ1v) is 6.70. The summed E-state index contributed by atoms with van der Waals surface area (Å²) in [7, 11) is 1.74. The molecule has 0 aromatic heterocycles. The summed E-state index contributed by atoms with van der Waals surface area (Å²) in [5, 5.41) is 0. The van der Waals surface area contributed by atoms with Crippen LogP contribution in [0.1, 0.15) is 31.9 Å². The van der Waals surface area contributed by atoms with E-state index in [0.29, 0.717) is 6.54 Å². The van der Waals surface area contributed by atoms with Gasteiger partial charge in [-0.2, -0.15) is 17.7 Å². The number of nitrogens with zero attached hydrogens (tertiary/aromatic N) is 1. The topological polar surface area (TPSA) is 46.6 Å². The zero-order valence-electron chi connectivity index (χ0n) is 14.5. The van der Waals surface area contributed by atoms with Crippen LogP contribution >= 0.6 is 0 Å². The average molecular weight is 297 g/mol. The van der Waals surface area contributed by atoms with Gasteiger partial charge in [0, 0.05) is 7.05 Å². The van der Waals surface area contributed by atoms with Crippen LogP contribution in [-0.2, 0) is 14.3 Å². The van der Waals surface area contributed by atoms with E-state index in [-0.39, 0.29) is 30.4 Å². The van der Waals surface area contributed by atoms with E-state index in [2.05, 4.69) is 11.7 Å². The molecular weight excluding hydrogens is 273 g/mol. The number of carbonyl (C=O) groups is 1. The molecule has 0 spiro atoms. The van der Waals surface area contributed by atoms with Crippen LogP contribution in [-0.4, -0.2) is 36.5 Å². The van der Waals surface area contributed by atoms with E-state index in [4.69, 9.17) is 0 Å². The Morgan fingerprint density at radius 3 is 2.14 bits per heavy atom. The summed E-state index contributed by atoms with van der Waals surface area (Å²) in [5.74, 6) is -0.0103. The largest absolute Gasteiger partial charge is 1.00 e. The van der Waals surface area contributed by atoms with Gasteiger partial charge in [0.25, 0.3) is 0 Å². The van der Waals surface area contributed by atoms with Crippen molar-refractivity contribution in [3.05, 3.63) is 48.7 Å². The van der Waals surface area contributed by atoms with Crippen LogP contribution in [0, 0.1) is 20.3 Å². The third-order valence-electron chi connectivity index (χ3n) is 2.43. The molecular formula is C17H24LiNO3-2. The molecule has 0 aliphatic rings. The Bertz CT molecular complexity index is 438. The first kappa shape index (κ1) is 22.9. The molecule has 22 heavy (non-hydrogen) atoms. The van der Waals surface area contributed by atoms with Gasteiger partial charge in [0.15, 0.2) is 5.91 Å². The van der Waals surface area contributed by atoms with Crippen molar-refractivity contribution in [3.8, 4) is 0 Å². The Hall–Kier alpha value is -1.37. The van der Waals surface area contributed by atoms with E-state index in [1.54, 1.807) is 39.1 Å². The number of hydrogen-bond donors (Lipinski definition) is 0. The second-order valence-corrected chi connectivity index (χ2v) is 5.61. The van der Waals surface area contributed by atoms with Crippen molar-refractivity contribution in [2.45, 2.75) is 33.3 Å². The van der Waals surface area contributed by atoms with Gasteiger partial charge >= 0.3 is 18.9 Å². The van der Waals surface area contributed by atoms with E-state index < -0.39 is 0 Å². The van der Waals surface area contributed by atoms with Crippen LogP contribution in [0.4, 0.5) is 0 Å². The fourth-order valence-corrected chi connectivity index (χ4v) is 1.15. The van der Waals surface area contributed by atoms with Gasteiger partial charge in [-0.25, -0.2) is 0 Å². The maximum Gasteiger partial charge on any atom is 1.00 e. The minimum absolute atomic E-state index is 0. The van der Waals surface area contributed by atoms with Crippen LogP contribution in [0.25, 0.3) is 0 Å². The molecule has 1 aromatic carbocycles. The van der Waals surface area contributed by atoms with Crippen LogP contribution in [0.15, 0.2) is 24.3 Å². The van der Waals surface area contributed by atoms with Crippen molar-refractivity contribution >= 4 is 12.4 Å². The van der Waals surface area contributed by atoms with Crippen LogP contribution in [0.2, 0.25) is 0 Å². The van der Waals surface area contributed by atoms with Gasteiger partial charge in [0.05, 0.1) is 5.60 Å². The van der Waals surface area contributed by atoms with Crippen molar-refractivity contribution < 1.29 is 33.2 Å². The van der Waals surface area contributed by atoms with E-state index >= 15 is 0 Å². The number of aryl methyl sites for hydroxylation is 1. The van der Waals surface area contributed by atoms with E-state index in [1.165, 1.54) is 12.0 Å². The summed E-state index contributed by atoms with van der Waals surface area (Å²) in [4.78, 5) is 22.5. The molecule has 0 unspecified atom stereocenters. The zero-order chi connectivity index (χ0) is 16.5. The summed E-state index contributed by atoms with van der Waals surface area (Å²) >= 11 is 0. The number of benzene rings is 1. The molecule has 1 rings (SSSR count). The molecule has 0 saturated carbocycles. The average Bonchev–Trinajstić information content (AvgIpc) is 2.39. The number of carbonyl (C=O) groups excluding carboxylic acids is 2. The van der Waals surface area contributed by atoms with E-state index in [1.807, 2.05) is 31.2 Å². The van der Waals surface area contributed by atoms with Gasteiger partial charge < -0.3 is 21.4 Å². The van der Waals surface area contributed by atoms with Crippen LogP contribution in [0.5, 0.6) is 0 Å². The Balaban J connectivity index is 0. The monoisotopic (exact) mass is 297 g/mol. The van der Waals surface area contributed by atoms with Gasteiger partial charge in [0.1, 0.15) is 0 Å². The zero-order valence-corrected chi connectivity index (χ0v) is 14.5. The Morgan fingerprint density at radius 2 is 1.82 bits per heavy atom. The molecule has 0 radical (unpaired) electrons. The molecule has 0 bridgehead atoms. The maximum absolute atomic E-state index is 11.5. The van der Waals surface area contributed by atoms with Crippen molar-refractivity contribution in [1.82, 2.24) is 4.90 Å². The second-order valence-electron chi connectivity index (χ2n) is 5.61. The molecule has 0 N–H and O–H groups in total. The van der Waals surface area contributed by atoms with Gasteiger partial charge in [-0.05, 0) is 27.7 Å². The normalized spacial score (nSPS) is 9.55. The number of amides is 1. The van der Waals surface area contributed by atoms with Gasteiger partial charge in [-0.1, -0.05) is 18.5 Å². The Kier molecular flexibility index (Phi) is 11.7. The van der Waals surface area contributed by atoms with E-state index in [9.17, 15) is 9.59 Å². The fourth-order valence-electron chi connectivity index (χ4n) is 1.15. The van der Waals surface area contributed by atoms with Gasteiger partial charge in [-0.15, -0.1) is 18.7 Å². The molecule has 118 valence electrons. The summed E-state index contributed by atoms with van der Waals surface area (Å²) in [5.41, 5.74) is 1.75. The number of ether oxygens (including phenoxy) is 1. The third kappa shape index (κ3) is 11.3. The van der Waals surface area contributed by atoms with E-state index in [0.717, 1.165) is 5.56 Å². The van der Waals surface area contributed by atoms with Crippen LogP contribution < -0.4 is 18.9 Å². The smallest absolute Gasteiger partial charge is 0.649 e. The molecule has 0 saturated heterocycles. The Labute approximate surface area is 146 Å². The minimum Gasteiger partial charge on any atom is -0.649 e. The van der Waals surface area contributed by atoms with Crippen molar-refractivity contribution in [3.63, 3.8) is 0 Å². The molecule has 0 heterocycles. The SMILES string of the molecule is CC(C)(C)O[C-]=O.[CH2-]CN(C)C(=O)[CH-]c1ccc(C)cc1.[Li+]. The summed E-state index contributed by atoms with van der Waals surface area (Å²) < 4.78 is 4.42. The van der Waals surface area contributed by atoms with Crippen LogP contribution in [0.3, 0.4) is 0 Å². The number of hydrogen-bond acceptors (Lipinski definition) is 3. The molecule has 0 atom stereocenters. The Morgan fingerprint density at radius 1 is 1.32 bits per heavy atom. The quantitative estimate of drug-likeness (QED) is 0.567. The third-order valence-corrected chi connectivity index (χ3v) is 2.43. The molecule has 0 fully saturated rings. The molecule has 1 amide bonds. The molecule has 0 aliphatic heterocycles. The number of likely N-dealkylation sites (N-methyl/N-ethyl adjacent to an activating group) is 1. The fraction of sp³-hybridized carbons (Fsp3) is 0.412. The molecule has 0 aliphatic carbocycles.